The number of hydrogen-bond acceptors (Lipinski definition) is 4. The summed E-state index contributed by atoms with van der Waals surface area (Å²) in [7, 11) is 1.67. The highest BCUT2D eigenvalue weighted by atomic mass is 35.5. The molecule has 1 aliphatic rings. The highest BCUT2D eigenvalue weighted by molar-refractivity contribution is 6.42. The van der Waals surface area contributed by atoms with E-state index in [0.29, 0.717) is 22.3 Å². The van der Waals surface area contributed by atoms with E-state index in [-0.39, 0.29) is 5.91 Å². The lowest BCUT2D eigenvalue weighted by Gasteiger charge is -2.23. The number of amides is 1. The van der Waals surface area contributed by atoms with Gasteiger partial charge in [-0.15, -0.1) is 0 Å². The van der Waals surface area contributed by atoms with Crippen LogP contribution < -0.4 is 15.0 Å². The first kappa shape index (κ1) is 19.8. The first-order chi connectivity index (χ1) is 13.0. The average Bonchev–Trinajstić information content (AvgIpc) is 2.90. The van der Waals surface area contributed by atoms with Gasteiger partial charge in [0.25, 0.3) is 0 Å². The van der Waals surface area contributed by atoms with Crippen LogP contribution in [0.2, 0.25) is 10.0 Å². The Morgan fingerprint density at radius 2 is 1.81 bits per heavy atom. The molecule has 0 radical (unpaired) electrons. The summed E-state index contributed by atoms with van der Waals surface area (Å²) >= 11 is 11.9. The van der Waals surface area contributed by atoms with Crippen LogP contribution in [0, 0.1) is 0 Å². The van der Waals surface area contributed by atoms with Crippen LogP contribution >= 0.6 is 23.2 Å². The van der Waals surface area contributed by atoms with E-state index in [1.54, 1.807) is 25.3 Å². The maximum atomic E-state index is 12.4. The van der Waals surface area contributed by atoms with E-state index in [1.807, 2.05) is 12.1 Å². The molecule has 1 heterocycles. The van der Waals surface area contributed by atoms with Gasteiger partial charge in [-0.1, -0.05) is 23.2 Å². The minimum absolute atomic E-state index is 0.0497. The molecule has 1 amide bonds. The van der Waals surface area contributed by atoms with E-state index in [0.717, 1.165) is 38.3 Å². The van der Waals surface area contributed by atoms with Crippen molar-refractivity contribution in [2.24, 2.45) is 0 Å². The second-order valence-electron chi connectivity index (χ2n) is 6.49. The van der Waals surface area contributed by atoms with Gasteiger partial charge in [0.2, 0.25) is 5.91 Å². The summed E-state index contributed by atoms with van der Waals surface area (Å²) in [6.07, 6.45) is 1.01. The molecule has 0 spiro atoms. The molecule has 1 saturated heterocycles. The standard InChI is InChI=1S/C20H23Cl2N3O2/c1-27-17-6-4-16(5-7-17)25-10-2-9-24(11-12-25)14-20(26)23-15-3-8-18(21)19(22)13-15/h3-8,13H,2,9-12,14H2,1H3,(H,23,26). The molecule has 7 heteroatoms. The molecule has 5 nitrogen and oxygen atoms in total. The minimum atomic E-state index is -0.0497. The molecular weight excluding hydrogens is 385 g/mol. The predicted octanol–water partition coefficient (Wildman–Crippen LogP) is 4.15. The Morgan fingerprint density at radius 1 is 1.04 bits per heavy atom. The maximum absolute atomic E-state index is 12.4. The number of ether oxygens (including phenoxy) is 1. The number of hydrogen-bond donors (Lipinski definition) is 1. The summed E-state index contributed by atoms with van der Waals surface area (Å²) in [4.78, 5) is 16.9. The molecule has 0 aromatic heterocycles. The molecular formula is C20H23Cl2N3O2. The topological polar surface area (TPSA) is 44.8 Å². The van der Waals surface area contributed by atoms with Gasteiger partial charge in [-0.05, 0) is 48.9 Å². The summed E-state index contributed by atoms with van der Waals surface area (Å²) in [5.41, 5.74) is 1.84. The Hall–Kier alpha value is -1.95. The lowest BCUT2D eigenvalue weighted by molar-refractivity contribution is -0.117. The van der Waals surface area contributed by atoms with Crippen molar-refractivity contribution in [3.63, 3.8) is 0 Å². The summed E-state index contributed by atoms with van der Waals surface area (Å²) in [6, 6.07) is 13.2. The first-order valence-electron chi connectivity index (χ1n) is 8.91. The third-order valence-electron chi connectivity index (χ3n) is 4.60. The molecule has 144 valence electrons. The quantitative estimate of drug-likeness (QED) is 0.808. The zero-order valence-corrected chi connectivity index (χ0v) is 16.8. The third-order valence-corrected chi connectivity index (χ3v) is 5.34. The summed E-state index contributed by atoms with van der Waals surface area (Å²) < 4.78 is 5.22. The fourth-order valence-corrected chi connectivity index (χ4v) is 3.46. The zero-order valence-electron chi connectivity index (χ0n) is 15.3. The lowest BCUT2D eigenvalue weighted by Crippen LogP contribution is -2.36. The molecule has 2 aromatic carbocycles. The van der Waals surface area contributed by atoms with Gasteiger partial charge in [-0.2, -0.15) is 0 Å². The van der Waals surface area contributed by atoms with Crippen molar-refractivity contribution >= 4 is 40.5 Å². The Labute approximate surface area is 169 Å². The zero-order chi connectivity index (χ0) is 19.2. The molecule has 0 aliphatic carbocycles. The van der Waals surface area contributed by atoms with E-state index in [2.05, 4.69) is 27.2 Å². The molecule has 1 fully saturated rings. The molecule has 2 aromatic rings. The van der Waals surface area contributed by atoms with E-state index < -0.39 is 0 Å². The second-order valence-corrected chi connectivity index (χ2v) is 7.31. The van der Waals surface area contributed by atoms with E-state index >= 15 is 0 Å². The van der Waals surface area contributed by atoms with Gasteiger partial charge in [-0.25, -0.2) is 0 Å². The largest absolute Gasteiger partial charge is 0.497 e. The first-order valence-corrected chi connectivity index (χ1v) is 9.67. The Morgan fingerprint density at radius 3 is 2.52 bits per heavy atom. The minimum Gasteiger partial charge on any atom is -0.497 e. The monoisotopic (exact) mass is 407 g/mol. The fraction of sp³-hybridized carbons (Fsp3) is 0.350. The fourth-order valence-electron chi connectivity index (χ4n) is 3.16. The van der Waals surface area contributed by atoms with Crippen molar-refractivity contribution in [2.75, 3.05) is 50.1 Å². The van der Waals surface area contributed by atoms with Gasteiger partial charge >= 0.3 is 0 Å². The van der Waals surface area contributed by atoms with Gasteiger partial charge in [0.1, 0.15) is 5.75 Å². The van der Waals surface area contributed by atoms with E-state index in [1.165, 1.54) is 5.69 Å². The van der Waals surface area contributed by atoms with Crippen LogP contribution in [-0.4, -0.2) is 50.6 Å². The number of halogens is 2. The van der Waals surface area contributed by atoms with Crippen molar-refractivity contribution in [2.45, 2.75) is 6.42 Å². The molecule has 0 bridgehead atoms. The normalized spacial score (nSPS) is 15.3. The number of rotatable bonds is 5. The predicted molar refractivity (Wildman–Crippen MR) is 111 cm³/mol. The number of benzene rings is 2. The summed E-state index contributed by atoms with van der Waals surface area (Å²) in [6.45, 7) is 3.93. The summed E-state index contributed by atoms with van der Waals surface area (Å²) in [5, 5.41) is 3.78. The van der Waals surface area contributed by atoms with Gasteiger partial charge in [0.15, 0.2) is 0 Å². The second kappa shape index (κ2) is 9.31. The van der Waals surface area contributed by atoms with E-state index in [4.69, 9.17) is 27.9 Å². The van der Waals surface area contributed by atoms with Crippen molar-refractivity contribution in [3.8, 4) is 5.75 Å². The Kier molecular flexibility index (Phi) is 6.83. The smallest absolute Gasteiger partial charge is 0.238 e. The van der Waals surface area contributed by atoms with Crippen molar-refractivity contribution < 1.29 is 9.53 Å². The van der Waals surface area contributed by atoms with Gasteiger partial charge < -0.3 is 15.0 Å². The number of carbonyl (C=O) groups excluding carboxylic acids is 1. The maximum Gasteiger partial charge on any atom is 0.238 e. The SMILES string of the molecule is COc1ccc(N2CCCN(CC(=O)Nc3ccc(Cl)c(Cl)c3)CC2)cc1. The van der Waals surface area contributed by atoms with Crippen molar-refractivity contribution in [1.82, 2.24) is 4.90 Å². The number of nitrogens with one attached hydrogen (secondary N) is 1. The van der Waals surface area contributed by atoms with Crippen LogP contribution in [0.4, 0.5) is 11.4 Å². The highest BCUT2D eigenvalue weighted by Crippen LogP contribution is 2.25. The third kappa shape index (κ3) is 5.51. The van der Waals surface area contributed by atoms with Crippen LogP contribution in [0.5, 0.6) is 5.75 Å². The van der Waals surface area contributed by atoms with Crippen LogP contribution in [0.25, 0.3) is 0 Å². The molecule has 0 saturated carbocycles. The molecule has 0 atom stereocenters. The number of carbonyl (C=O) groups is 1. The van der Waals surface area contributed by atoms with Crippen LogP contribution in [-0.2, 0) is 4.79 Å². The van der Waals surface area contributed by atoms with Crippen LogP contribution in [0.15, 0.2) is 42.5 Å². The molecule has 1 aliphatic heterocycles. The van der Waals surface area contributed by atoms with E-state index in [9.17, 15) is 4.79 Å². The number of methoxy groups -OCH3 is 1. The summed E-state index contributed by atoms with van der Waals surface area (Å²) in [5.74, 6) is 0.806. The van der Waals surface area contributed by atoms with Gasteiger partial charge in [0, 0.05) is 37.6 Å². The highest BCUT2D eigenvalue weighted by Gasteiger charge is 2.17. The Bertz CT molecular complexity index is 783. The molecule has 1 N–H and O–H groups in total. The van der Waals surface area contributed by atoms with Crippen LogP contribution in [0.3, 0.4) is 0 Å². The molecule has 27 heavy (non-hydrogen) atoms. The van der Waals surface area contributed by atoms with Crippen molar-refractivity contribution in [1.29, 1.82) is 0 Å². The average molecular weight is 408 g/mol. The van der Waals surface area contributed by atoms with Gasteiger partial charge in [0.05, 0.1) is 23.7 Å². The lowest BCUT2D eigenvalue weighted by atomic mass is 10.2. The Balaban J connectivity index is 1.52. The number of anilines is 2. The van der Waals surface area contributed by atoms with Gasteiger partial charge in [-0.3, -0.25) is 9.69 Å². The molecule has 3 rings (SSSR count). The number of nitrogens with zero attached hydrogens (tertiary/aromatic N) is 2. The molecule has 0 unspecified atom stereocenters. The van der Waals surface area contributed by atoms with Crippen molar-refractivity contribution in [3.05, 3.63) is 52.5 Å². The van der Waals surface area contributed by atoms with Crippen LogP contribution in [0.1, 0.15) is 6.42 Å².